The standard InChI is InChI=1S/C23H32N4O2/c1-26-22-9-5-8-20(22)21(25-26)16-27(18-6-3-4-7-18)23(28)24-15-14-17-10-12-19(29-2)13-11-17/h10-13,18H,3-9,14-16H2,1-2H3,(H,24,28). The highest BCUT2D eigenvalue weighted by molar-refractivity contribution is 5.74. The first-order chi connectivity index (χ1) is 14.2. The minimum Gasteiger partial charge on any atom is -0.497 e. The van der Waals surface area contributed by atoms with Crippen molar-refractivity contribution in [3.8, 4) is 5.75 Å². The van der Waals surface area contributed by atoms with Gasteiger partial charge in [0.1, 0.15) is 5.75 Å². The molecule has 6 heteroatoms. The summed E-state index contributed by atoms with van der Waals surface area (Å²) < 4.78 is 7.23. The molecule has 0 bridgehead atoms. The molecule has 0 atom stereocenters. The second-order valence-electron chi connectivity index (χ2n) is 8.25. The van der Waals surface area contributed by atoms with E-state index in [1.165, 1.54) is 36.1 Å². The Morgan fingerprint density at radius 1 is 1.21 bits per heavy atom. The number of rotatable bonds is 7. The Labute approximate surface area is 173 Å². The third-order valence-corrected chi connectivity index (χ3v) is 6.39. The quantitative estimate of drug-likeness (QED) is 0.778. The zero-order valence-corrected chi connectivity index (χ0v) is 17.6. The highest BCUT2D eigenvalue weighted by Gasteiger charge is 2.30. The van der Waals surface area contributed by atoms with E-state index >= 15 is 0 Å². The number of nitrogens with zero attached hydrogens (tertiary/aromatic N) is 3. The van der Waals surface area contributed by atoms with Gasteiger partial charge in [-0.3, -0.25) is 4.68 Å². The van der Waals surface area contributed by atoms with E-state index in [0.29, 0.717) is 19.1 Å². The van der Waals surface area contributed by atoms with Gasteiger partial charge in [0.2, 0.25) is 0 Å². The first-order valence-corrected chi connectivity index (χ1v) is 10.9. The molecule has 1 aromatic heterocycles. The van der Waals surface area contributed by atoms with Crippen LogP contribution in [0.1, 0.15) is 54.6 Å². The van der Waals surface area contributed by atoms with Crippen LogP contribution in [-0.4, -0.2) is 40.4 Å². The van der Waals surface area contributed by atoms with Crippen molar-refractivity contribution in [2.45, 2.75) is 64.0 Å². The number of aromatic nitrogens is 2. The zero-order chi connectivity index (χ0) is 20.2. The number of fused-ring (bicyclic) bond motifs is 1. The van der Waals surface area contributed by atoms with Crippen molar-refractivity contribution in [1.29, 1.82) is 0 Å². The number of nitrogens with one attached hydrogen (secondary N) is 1. The lowest BCUT2D eigenvalue weighted by Gasteiger charge is -2.29. The number of methoxy groups -OCH3 is 1. The van der Waals surface area contributed by atoms with Crippen molar-refractivity contribution in [3.63, 3.8) is 0 Å². The molecule has 1 N–H and O–H groups in total. The third kappa shape index (κ3) is 4.41. The second kappa shape index (κ2) is 8.89. The number of carbonyl (C=O) groups is 1. The number of carbonyl (C=O) groups excluding carboxylic acids is 1. The fourth-order valence-electron chi connectivity index (χ4n) is 4.78. The van der Waals surface area contributed by atoms with Crippen LogP contribution in [0.2, 0.25) is 0 Å². The number of ether oxygens (including phenoxy) is 1. The van der Waals surface area contributed by atoms with Gasteiger partial charge >= 0.3 is 6.03 Å². The van der Waals surface area contributed by atoms with Crippen LogP contribution in [0.25, 0.3) is 0 Å². The van der Waals surface area contributed by atoms with Gasteiger partial charge in [-0.05, 0) is 61.8 Å². The van der Waals surface area contributed by atoms with Crippen LogP contribution in [0, 0.1) is 0 Å². The van der Waals surface area contributed by atoms with Gasteiger partial charge in [0.05, 0.1) is 19.3 Å². The predicted molar refractivity (Wildman–Crippen MR) is 113 cm³/mol. The van der Waals surface area contributed by atoms with E-state index in [2.05, 4.69) is 17.4 Å². The molecule has 2 aromatic rings. The van der Waals surface area contributed by atoms with E-state index in [0.717, 1.165) is 43.5 Å². The lowest BCUT2D eigenvalue weighted by Crippen LogP contribution is -2.45. The van der Waals surface area contributed by atoms with Crippen LogP contribution in [-0.2, 0) is 32.9 Å². The van der Waals surface area contributed by atoms with Crippen LogP contribution in [0.5, 0.6) is 5.75 Å². The predicted octanol–water partition coefficient (Wildman–Crippen LogP) is 3.61. The molecule has 1 fully saturated rings. The highest BCUT2D eigenvalue weighted by atomic mass is 16.5. The largest absolute Gasteiger partial charge is 0.497 e. The van der Waals surface area contributed by atoms with Gasteiger partial charge in [-0.25, -0.2) is 4.79 Å². The van der Waals surface area contributed by atoms with E-state index in [4.69, 9.17) is 9.84 Å². The summed E-state index contributed by atoms with van der Waals surface area (Å²) in [6.45, 7) is 1.26. The number of aryl methyl sites for hydroxylation is 1. The van der Waals surface area contributed by atoms with E-state index in [-0.39, 0.29) is 6.03 Å². The van der Waals surface area contributed by atoms with E-state index < -0.39 is 0 Å². The van der Waals surface area contributed by atoms with Crippen molar-refractivity contribution in [3.05, 3.63) is 46.8 Å². The Morgan fingerprint density at radius 3 is 2.69 bits per heavy atom. The summed E-state index contributed by atoms with van der Waals surface area (Å²) in [5.74, 6) is 0.855. The summed E-state index contributed by atoms with van der Waals surface area (Å²) in [5, 5.41) is 7.91. The maximum atomic E-state index is 13.1. The van der Waals surface area contributed by atoms with Crippen molar-refractivity contribution < 1.29 is 9.53 Å². The zero-order valence-electron chi connectivity index (χ0n) is 17.6. The van der Waals surface area contributed by atoms with Gasteiger partial charge < -0.3 is 15.0 Å². The molecule has 6 nitrogen and oxygen atoms in total. The number of benzene rings is 1. The van der Waals surface area contributed by atoms with Gasteiger partial charge in [0.15, 0.2) is 0 Å². The second-order valence-corrected chi connectivity index (χ2v) is 8.25. The fourth-order valence-corrected chi connectivity index (χ4v) is 4.78. The normalized spacial score (nSPS) is 16.1. The van der Waals surface area contributed by atoms with Gasteiger partial charge in [-0.15, -0.1) is 0 Å². The molecule has 1 aromatic carbocycles. The molecule has 2 aliphatic rings. The molecule has 2 aliphatic carbocycles. The van der Waals surface area contributed by atoms with E-state index in [1.807, 2.05) is 28.8 Å². The highest BCUT2D eigenvalue weighted by Crippen LogP contribution is 2.29. The van der Waals surface area contributed by atoms with Crippen molar-refractivity contribution in [2.24, 2.45) is 7.05 Å². The summed E-state index contributed by atoms with van der Waals surface area (Å²) >= 11 is 0. The minimum atomic E-state index is 0.0443. The summed E-state index contributed by atoms with van der Waals surface area (Å²) in [6, 6.07) is 8.40. The van der Waals surface area contributed by atoms with Crippen molar-refractivity contribution in [2.75, 3.05) is 13.7 Å². The first-order valence-electron chi connectivity index (χ1n) is 10.9. The average Bonchev–Trinajstić information content (AvgIpc) is 3.47. The third-order valence-electron chi connectivity index (χ3n) is 6.39. The van der Waals surface area contributed by atoms with Crippen molar-refractivity contribution >= 4 is 6.03 Å². The molecule has 0 saturated heterocycles. The summed E-state index contributed by atoms with van der Waals surface area (Å²) in [4.78, 5) is 15.1. The molecule has 0 unspecified atom stereocenters. The van der Waals surface area contributed by atoms with Crippen molar-refractivity contribution in [1.82, 2.24) is 20.0 Å². The molecule has 0 aliphatic heterocycles. The fraction of sp³-hybridized carbons (Fsp3) is 0.565. The average molecular weight is 397 g/mol. The first kappa shape index (κ1) is 19.8. The summed E-state index contributed by atoms with van der Waals surface area (Å²) in [6.07, 6.45) is 8.83. The Morgan fingerprint density at radius 2 is 1.97 bits per heavy atom. The molecule has 2 amide bonds. The molecule has 4 rings (SSSR count). The van der Waals surface area contributed by atoms with Gasteiger partial charge in [0.25, 0.3) is 0 Å². The van der Waals surface area contributed by atoms with Crippen LogP contribution in [0.15, 0.2) is 24.3 Å². The number of amides is 2. The van der Waals surface area contributed by atoms with Crippen LogP contribution < -0.4 is 10.1 Å². The van der Waals surface area contributed by atoms with Crippen LogP contribution in [0.3, 0.4) is 0 Å². The summed E-state index contributed by atoms with van der Waals surface area (Å²) in [7, 11) is 3.70. The molecule has 1 saturated carbocycles. The molecule has 1 heterocycles. The van der Waals surface area contributed by atoms with Crippen LogP contribution >= 0.6 is 0 Å². The van der Waals surface area contributed by atoms with E-state index in [1.54, 1.807) is 7.11 Å². The maximum absolute atomic E-state index is 13.1. The minimum absolute atomic E-state index is 0.0443. The van der Waals surface area contributed by atoms with Gasteiger partial charge in [-0.1, -0.05) is 25.0 Å². The Bertz CT molecular complexity index is 837. The molecule has 0 radical (unpaired) electrons. The number of hydrogen-bond donors (Lipinski definition) is 1. The Balaban J connectivity index is 1.39. The van der Waals surface area contributed by atoms with Gasteiger partial charge in [-0.2, -0.15) is 5.10 Å². The maximum Gasteiger partial charge on any atom is 0.318 e. The molecular weight excluding hydrogens is 364 g/mol. The number of hydrogen-bond acceptors (Lipinski definition) is 3. The lowest BCUT2D eigenvalue weighted by molar-refractivity contribution is 0.170. The summed E-state index contributed by atoms with van der Waals surface area (Å²) in [5.41, 5.74) is 5.02. The lowest BCUT2D eigenvalue weighted by atomic mass is 10.1. The topological polar surface area (TPSA) is 59.4 Å². The molecule has 156 valence electrons. The Hall–Kier alpha value is -2.50. The SMILES string of the molecule is COc1ccc(CCNC(=O)N(Cc2nn(C)c3c2CCC3)C2CCCC2)cc1. The van der Waals surface area contributed by atoms with Crippen LogP contribution in [0.4, 0.5) is 4.79 Å². The smallest absolute Gasteiger partial charge is 0.318 e. The molecule has 0 spiro atoms. The molecule has 29 heavy (non-hydrogen) atoms. The van der Waals surface area contributed by atoms with Gasteiger partial charge in [0, 0.05) is 25.3 Å². The number of urea groups is 1. The monoisotopic (exact) mass is 396 g/mol. The Kier molecular flexibility index (Phi) is 6.07. The van der Waals surface area contributed by atoms with E-state index in [9.17, 15) is 4.79 Å². The molecular formula is C23H32N4O2.